The number of hydrogen-bond acceptors (Lipinski definition) is 1. The van der Waals surface area contributed by atoms with Crippen LogP contribution in [0.5, 0.6) is 0 Å². The van der Waals surface area contributed by atoms with Crippen molar-refractivity contribution in [3.05, 3.63) is 0 Å². The molecule has 0 saturated heterocycles. The van der Waals surface area contributed by atoms with Crippen LogP contribution in [0.4, 0.5) is 0 Å². The molecule has 0 radical (unpaired) electrons. The van der Waals surface area contributed by atoms with Crippen LogP contribution in [0.2, 0.25) is 0 Å². The first-order valence-electron chi connectivity index (χ1n) is 3.95. The molecule has 0 aromatic heterocycles. The van der Waals surface area contributed by atoms with Gasteiger partial charge in [-0.2, -0.15) is 0 Å². The second kappa shape index (κ2) is 9.04. The van der Waals surface area contributed by atoms with E-state index in [1.807, 2.05) is 6.92 Å². The number of carboxylic acid groups (broad SMARTS) is 1. The molecule has 0 spiro atoms. The quantitative estimate of drug-likeness (QED) is 0.739. The number of hydrogen-bond donors (Lipinski definition) is 1. The monoisotopic (exact) mass is 234 g/mol. The summed E-state index contributed by atoms with van der Waals surface area (Å²) in [4.78, 5) is 10.4. The van der Waals surface area contributed by atoms with Gasteiger partial charge in [-0.25, -0.2) is 0 Å². The predicted octanol–water partition coefficient (Wildman–Crippen LogP) is 2.13. The van der Waals surface area contributed by atoms with Crippen LogP contribution in [0.1, 0.15) is 42.4 Å². The summed E-state index contributed by atoms with van der Waals surface area (Å²) in [6, 6.07) is 0. The van der Waals surface area contributed by atoms with Crippen molar-refractivity contribution in [2.24, 2.45) is 5.92 Å². The zero-order valence-corrected chi connectivity index (χ0v) is 10.9. The molecule has 0 saturated carbocycles. The van der Waals surface area contributed by atoms with Gasteiger partial charge in [0, 0.05) is 0 Å². The smallest absolute Gasteiger partial charge is 1.00 e. The summed E-state index contributed by atoms with van der Waals surface area (Å²) >= 11 is 0. The van der Waals surface area contributed by atoms with Gasteiger partial charge >= 0.3 is 51.5 Å². The third kappa shape index (κ3) is 7.32. The zero-order valence-electron chi connectivity index (χ0n) is 9.47. The van der Waals surface area contributed by atoms with Gasteiger partial charge in [0.25, 0.3) is 0 Å². The van der Waals surface area contributed by atoms with E-state index in [1.54, 1.807) is 0 Å². The molecule has 0 aromatic rings. The Kier molecular flexibility index (Phi) is 11.9. The Bertz CT molecular complexity index is 112. The molecule has 1 N–H and O–H groups in total. The minimum absolute atomic E-state index is 0. The normalized spacial score (nSPS) is 11.8. The summed E-state index contributed by atoms with van der Waals surface area (Å²) in [5.74, 6) is -0.754. The van der Waals surface area contributed by atoms with E-state index in [2.05, 4.69) is 6.92 Å². The summed E-state index contributed by atoms with van der Waals surface area (Å²) < 4.78 is 0. The fraction of sp³-hybridized carbons (Fsp3) is 0.875. The van der Waals surface area contributed by atoms with Gasteiger partial charge in [-0.1, -0.05) is 26.7 Å². The van der Waals surface area contributed by atoms with Crippen molar-refractivity contribution in [2.75, 3.05) is 0 Å². The Morgan fingerprint density at radius 3 is 2.36 bits per heavy atom. The van der Waals surface area contributed by atoms with E-state index in [9.17, 15) is 4.79 Å². The minimum Gasteiger partial charge on any atom is -1.00 e. The molecule has 0 bridgehead atoms. The van der Waals surface area contributed by atoms with Crippen molar-refractivity contribution in [1.82, 2.24) is 0 Å². The first-order chi connectivity index (χ1) is 4.72. The summed E-state index contributed by atoms with van der Waals surface area (Å²) in [6.45, 7) is 4.00. The first kappa shape index (κ1) is 14.5. The Morgan fingerprint density at radius 1 is 1.55 bits per heavy atom. The van der Waals surface area contributed by atoms with Crippen molar-refractivity contribution in [3.8, 4) is 0 Å². The van der Waals surface area contributed by atoms with Crippen molar-refractivity contribution in [2.45, 2.75) is 39.5 Å². The van der Waals surface area contributed by atoms with Crippen LogP contribution in [-0.4, -0.2) is 56.6 Å². The molecule has 11 heavy (non-hydrogen) atoms. The Hall–Kier alpha value is 0.951. The van der Waals surface area contributed by atoms with E-state index in [0.29, 0.717) is 0 Å². The molecular weight excluding hydrogens is 216 g/mol. The number of unbranched alkanes of at least 4 members (excludes halogenated alkanes) is 1. The van der Waals surface area contributed by atoms with E-state index in [1.165, 1.54) is 0 Å². The average molecular weight is 234 g/mol. The van der Waals surface area contributed by atoms with Crippen LogP contribution < -0.4 is 0 Å². The van der Waals surface area contributed by atoms with Crippen LogP contribution in [0.25, 0.3) is 0 Å². The van der Waals surface area contributed by atoms with Gasteiger partial charge in [-0.15, -0.1) is 0 Å². The molecule has 0 aromatic carbocycles. The number of rotatable bonds is 5. The molecule has 0 aliphatic heterocycles. The van der Waals surface area contributed by atoms with Crippen LogP contribution in [0.3, 0.4) is 0 Å². The number of carboxylic acids is 1. The van der Waals surface area contributed by atoms with Gasteiger partial charge < -0.3 is 7.96 Å². The summed E-state index contributed by atoms with van der Waals surface area (Å²) in [7, 11) is 0. The molecule has 0 amide bonds. The van der Waals surface area contributed by atoms with E-state index in [0.717, 1.165) is 25.7 Å². The molecule has 3 heteroatoms. The van der Waals surface area contributed by atoms with E-state index >= 15 is 0 Å². The molecule has 1 unspecified atom stereocenters. The zero-order chi connectivity index (χ0) is 7.98. The van der Waals surface area contributed by atoms with Gasteiger partial charge in [0.05, 0.1) is 5.92 Å². The Morgan fingerprint density at radius 2 is 2.09 bits per heavy atom. The summed E-state index contributed by atoms with van der Waals surface area (Å²) in [6.07, 6.45) is 3.71. The Labute approximate surface area is 109 Å². The standard InChI is InChI=1S/C8H16O2.Sr.2H/c1-3-5-6-7(4-2)8(9)10;;;/h7H,3-6H2,1-2H3,(H,9,10);;;/q;+2;2*-1. The summed E-state index contributed by atoms with van der Waals surface area (Å²) in [5, 5.41) is 8.60. The predicted molar refractivity (Wildman–Crippen MR) is 48.9 cm³/mol. The third-order valence-electron chi connectivity index (χ3n) is 1.75. The largest absolute Gasteiger partial charge is 2.00 e. The van der Waals surface area contributed by atoms with E-state index < -0.39 is 5.97 Å². The molecule has 64 valence electrons. The van der Waals surface area contributed by atoms with Gasteiger partial charge in [0.15, 0.2) is 0 Å². The molecule has 0 aliphatic rings. The van der Waals surface area contributed by atoms with Crippen molar-refractivity contribution >= 4 is 51.5 Å². The Balaban J connectivity index is -0.000000135. The molecule has 0 aliphatic carbocycles. The van der Waals surface area contributed by atoms with Crippen LogP contribution in [0.15, 0.2) is 0 Å². The van der Waals surface area contributed by atoms with E-state index in [4.69, 9.17) is 5.11 Å². The minimum atomic E-state index is -0.643. The second-order valence-corrected chi connectivity index (χ2v) is 2.59. The molecular formula is C8H18O2Sr. The number of aliphatic carboxylic acids is 1. The fourth-order valence-electron chi connectivity index (χ4n) is 0.953. The van der Waals surface area contributed by atoms with Gasteiger partial charge in [0.2, 0.25) is 0 Å². The fourth-order valence-corrected chi connectivity index (χ4v) is 0.953. The van der Waals surface area contributed by atoms with Gasteiger partial charge in [-0.3, -0.25) is 4.79 Å². The maximum absolute atomic E-state index is 10.4. The maximum Gasteiger partial charge on any atom is 2.00 e. The van der Waals surface area contributed by atoms with Crippen LogP contribution in [0, 0.1) is 5.92 Å². The first-order valence-corrected chi connectivity index (χ1v) is 3.95. The van der Waals surface area contributed by atoms with E-state index in [-0.39, 0.29) is 54.3 Å². The third-order valence-corrected chi connectivity index (χ3v) is 1.75. The maximum atomic E-state index is 10.4. The second-order valence-electron chi connectivity index (χ2n) is 2.59. The van der Waals surface area contributed by atoms with Gasteiger partial charge in [-0.05, 0) is 12.8 Å². The molecule has 0 heterocycles. The molecule has 2 nitrogen and oxygen atoms in total. The molecule has 0 rings (SSSR count). The van der Waals surface area contributed by atoms with Crippen molar-refractivity contribution < 1.29 is 12.8 Å². The van der Waals surface area contributed by atoms with Gasteiger partial charge in [0.1, 0.15) is 0 Å². The number of carbonyl (C=O) groups is 1. The van der Waals surface area contributed by atoms with Crippen molar-refractivity contribution in [1.29, 1.82) is 0 Å². The van der Waals surface area contributed by atoms with Crippen LogP contribution >= 0.6 is 0 Å². The van der Waals surface area contributed by atoms with Crippen molar-refractivity contribution in [3.63, 3.8) is 0 Å². The average Bonchev–Trinajstić information content (AvgIpc) is 1.89. The molecule has 1 atom stereocenters. The summed E-state index contributed by atoms with van der Waals surface area (Å²) in [5.41, 5.74) is 0. The topological polar surface area (TPSA) is 37.3 Å². The van der Waals surface area contributed by atoms with Crippen LogP contribution in [-0.2, 0) is 4.79 Å². The molecule has 0 fully saturated rings. The SMILES string of the molecule is CCCCC(CC)C(=O)O.[H-].[H-].[Sr+2].